The zero-order chi connectivity index (χ0) is 38.2. The number of carbonyl (C=O) groups is 5. The Morgan fingerprint density at radius 2 is 1.46 bits per heavy atom. The van der Waals surface area contributed by atoms with E-state index in [1.54, 1.807) is 32.9 Å². The van der Waals surface area contributed by atoms with Gasteiger partial charge in [0.2, 0.25) is 23.6 Å². The second-order valence-corrected chi connectivity index (χ2v) is 14.5. The number of ether oxygens (including phenoxy) is 1. The summed E-state index contributed by atoms with van der Waals surface area (Å²) in [5.74, 6) is -2.23. The van der Waals surface area contributed by atoms with E-state index in [4.69, 9.17) is 10.5 Å². The first-order valence-electron chi connectivity index (χ1n) is 17.6. The Labute approximate surface area is 305 Å². The number of alkyl carbamates (subject to hydrolysis) is 1. The van der Waals surface area contributed by atoms with E-state index in [1.165, 1.54) is 4.90 Å². The number of hydrogen-bond acceptors (Lipinski definition) is 7. The first-order valence-corrected chi connectivity index (χ1v) is 17.6. The highest BCUT2D eigenvalue weighted by molar-refractivity contribution is 5.95. The molecule has 1 heterocycles. The second kappa shape index (κ2) is 17.2. The lowest BCUT2D eigenvalue weighted by Gasteiger charge is -2.31. The monoisotopic (exact) mass is 713 g/mol. The van der Waals surface area contributed by atoms with E-state index in [9.17, 15) is 29.1 Å². The maximum Gasteiger partial charge on any atom is 0.408 e. The predicted molar refractivity (Wildman–Crippen MR) is 197 cm³/mol. The van der Waals surface area contributed by atoms with Crippen molar-refractivity contribution in [2.75, 3.05) is 6.54 Å². The minimum absolute atomic E-state index is 0.0875. The maximum absolute atomic E-state index is 14.3. The van der Waals surface area contributed by atoms with Crippen molar-refractivity contribution in [3.8, 4) is 5.75 Å². The molecule has 52 heavy (non-hydrogen) atoms. The topological polar surface area (TPSA) is 180 Å². The fourth-order valence-electron chi connectivity index (χ4n) is 6.53. The summed E-state index contributed by atoms with van der Waals surface area (Å²) >= 11 is 0. The molecule has 3 aromatic rings. The van der Waals surface area contributed by atoms with Crippen LogP contribution >= 0.6 is 0 Å². The highest BCUT2D eigenvalue weighted by Gasteiger charge is 2.40. The molecule has 12 nitrogen and oxygen atoms in total. The molecule has 12 heteroatoms. The third kappa shape index (κ3) is 10.8. The van der Waals surface area contributed by atoms with Gasteiger partial charge in [-0.1, -0.05) is 54.6 Å². The Balaban J connectivity index is 1.59. The smallest absolute Gasteiger partial charge is 0.408 e. The Morgan fingerprint density at radius 1 is 0.827 bits per heavy atom. The molecule has 5 amide bonds. The molecule has 6 N–H and O–H groups in total. The second-order valence-electron chi connectivity index (χ2n) is 14.5. The molecule has 1 aliphatic rings. The third-order valence-corrected chi connectivity index (χ3v) is 9.18. The molecule has 0 saturated carbocycles. The van der Waals surface area contributed by atoms with Gasteiger partial charge in [-0.05, 0) is 99.9 Å². The number of phenols is 1. The Hall–Kier alpha value is -5.39. The molecule has 1 aliphatic heterocycles. The van der Waals surface area contributed by atoms with Crippen molar-refractivity contribution in [2.45, 2.75) is 103 Å². The molecule has 0 unspecified atom stereocenters. The van der Waals surface area contributed by atoms with E-state index >= 15 is 0 Å². The van der Waals surface area contributed by atoms with Crippen molar-refractivity contribution in [3.05, 3.63) is 100 Å². The number of carbonyl (C=O) groups excluding carboxylic acids is 5. The average Bonchev–Trinajstić information content (AvgIpc) is 3.56. The third-order valence-electron chi connectivity index (χ3n) is 9.18. The van der Waals surface area contributed by atoms with E-state index in [2.05, 4.69) is 16.0 Å². The van der Waals surface area contributed by atoms with Crippen LogP contribution in [0.2, 0.25) is 0 Å². The van der Waals surface area contributed by atoms with Crippen LogP contribution < -0.4 is 21.7 Å². The normalized spacial score (nSPS) is 16.0. The summed E-state index contributed by atoms with van der Waals surface area (Å²) in [4.78, 5) is 69.1. The molecule has 0 spiro atoms. The number of nitrogens with zero attached hydrogens (tertiary/aromatic N) is 1. The number of rotatable bonds is 13. The van der Waals surface area contributed by atoms with Crippen molar-refractivity contribution in [2.24, 2.45) is 5.73 Å². The van der Waals surface area contributed by atoms with Gasteiger partial charge in [-0.15, -0.1) is 0 Å². The van der Waals surface area contributed by atoms with Crippen LogP contribution in [0.3, 0.4) is 0 Å². The number of aromatic hydroxyl groups is 1. The quantitative estimate of drug-likeness (QED) is 0.179. The van der Waals surface area contributed by atoms with Crippen LogP contribution in [0.5, 0.6) is 5.75 Å². The Morgan fingerprint density at radius 3 is 2.08 bits per heavy atom. The predicted octanol–water partition coefficient (Wildman–Crippen LogP) is 3.68. The van der Waals surface area contributed by atoms with Crippen LogP contribution in [0.1, 0.15) is 67.0 Å². The number of amides is 5. The summed E-state index contributed by atoms with van der Waals surface area (Å²) in [7, 11) is 0. The van der Waals surface area contributed by atoms with E-state index < -0.39 is 59.5 Å². The van der Waals surface area contributed by atoms with Crippen LogP contribution in [0.4, 0.5) is 4.79 Å². The van der Waals surface area contributed by atoms with Crippen molar-refractivity contribution in [3.63, 3.8) is 0 Å². The van der Waals surface area contributed by atoms with Crippen LogP contribution in [-0.4, -0.2) is 76.0 Å². The molecule has 4 rings (SSSR count). The lowest BCUT2D eigenvalue weighted by Crippen LogP contribution is -2.58. The molecule has 1 fully saturated rings. The number of likely N-dealkylation sites (tertiary alicyclic amines) is 1. The van der Waals surface area contributed by atoms with Crippen LogP contribution in [-0.2, 0) is 43.2 Å². The lowest BCUT2D eigenvalue weighted by atomic mass is 9.95. The summed E-state index contributed by atoms with van der Waals surface area (Å²) in [5.41, 5.74) is 9.67. The molecular formula is C40H51N5O7. The van der Waals surface area contributed by atoms with E-state index in [1.807, 2.05) is 75.4 Å². The van der Waals surface area contributed by atoms with Gasteiger partial charge in [-0.2, -0.15) is 0 Å². The number of aryl methyl sites for hydroxylation is 3. The minimum Gasteiger partial charge on any atom is -0.508 e. The highest BCUT2D eigenvalue weighted by atomic mass is 16.6. The summed E-state index contributed by atoms with van der Waals surface area (Å²) in [5, 5.41) is 18.4. The minimum atomic E-state index is -1.10. The van der Waals surface area contributed by atoms with Gasteiger partial charge in [0.05, 0.1) is 0 Å². The molecule has 0 aliphatic carbocycles. The summed E-state index contributed by atoms with van der Waals surface area (Å²) < 4.78 is 5.49. The van der Waals surface area contributed by atoms with Gasteiger partial charge in [0.15, 0.2) is 0 Å². The van der Waals surface area contributed by atoms with Gasteiger partial charge in [-0.3, -0.25) is 19.2 Å². The molecule has 278 valence electrons. The van der Waals surface area contributed by atoms with Gasteiger partial charge in [0.1, 0.15) is 35.5 Å². The van der Waals surface area contributed by atoms with Crippen LogP contribution in [0.15, 0.2) is 66.7 Å². The van der Waals surface area contributed by atoms with Crippen LogP contribution in [0.25, 0.3) is 0 Å². The van der Waals surface area contributed by atoms with Gasteiger partial charge in [0.25, 0.3) is 0 Å². The molecule has 1 saturated heterocycles. The van der Waals surface area contributed by atoms with Gasteiger partial charge >= 0.3 is 6.09 Å². The SMILES string of the molecule is Cc1ccccc1C[C@H](NC(=O)[C@@H]1CCCN1C(=O)[C@H](Cc1c(C)cc(O)cc1C)NC(=O)OC(C)(C)C)C(=O)N[C@@H](Cc1ccccc1)C(N)=O. The maximum atomic E-state index is 14.3. The summed E-state index contributed by atoms with van der Waals surface area (Å²) in [6.45, 7) is 10.9. The van der Waals surface area contributed by atoms with Crippen molar-refractivity contribution in [1.29, 1.82) is 0 Å². The van der Waals surface area contributed by atoms with Gasteiger partial charge in [-0.25, -0.2) is 4.79 Å². The number of benzene rings is 3. The molecule has 0 bridgehead atoms. The number of nitrogens with one attached hydrogen (secondary N) is 3. The number of primary amides is 1. The number of phenolic OH excluding ortho intramolecular Hbond substituents is 1. The number of hydrogen-bond donors (Lipinski definition) is 5. The summed E-state index contributed by atoms with van der Waals surface area (Å²) in [6.07, 6.45) is 0.470. The highest BCUT2D eigenvalue weighted by Crippen LogP contribution is 2.25. The van der Waals surface area contributed by atoms with Gasteiger partial charge in [0, 0.05) is 25.8 Å². The molecule has 4 atom stereocenters. The zero-order valence-electron chi connectivity index (χ0n) is 30.8. The first kappa shape index (κ1) is 39.4. The van der Waals surface area contributed by atoms with Crippen molar-refractivity contribution in [1.82, 2.24) is 20.9 Å². The fraction of sp³-hybridized carbons (Fsp3) is 0.425. The van der Waals surface area contributed by atoms with E-state index in [0.29, 0.717) is 12.8 Å². The Bertz CT molecular complexity index is 1750. The molecule has 3 aromatic carbocycles. The fourth-order valence-corrected chi connectivity index (χ4v) is 6.53. The van der Waals surface area contributed by atoms with Crippen LogP contribution in [0, 0.1) is 20.8 Å². The zero-order valence-corrected chi connectivity index (χ0v) is 30.8. The average molecular weight is 714 g/mol. The summed E-state index contributed by atoms with van der Waals surface area (Å²) in [6, 6.07) is 15.7. The molecule has 0 aromatic heterocycles. The van der Waals surface area contributed by atoms with E-state index in [-0.39, 0.29) is 31.6 Å². The van der Waals surface area contributed by atoms with Crippen molar-refractivity contribution >= 4 is 29.7 Å². The number of nitrogens with two attached hydrogens (primary N) is 1. The first-order chi connectivity index (χ1) is 24.5. The van der Waals surface area contributed by atoms with E-state index in [0.717, 1.165) is 33.4 Å². The Kier molecular flexibility index (Phi) is 13.0. The lowest BCUT2D eigenvalue weighted by molar-refractivity contribution is -0.141. The van der Waals surface area contributed by atoms with Crippen molar-refractivity contribution < 1.29 is 33.8 Å². The standard InChI is InChI=1S/C40H51N5O7/c1-24-13-10-11-16-28(24)22-32(36(48)42-31(35(41)47)21-27-14-8-7-9-15-27)43-37(49)34-17-12-18-45(34)38(50)33(44-39(51)52-40(4,5)6)23-30-25(2)19-29(46)20-26(30)3/h7-11,13-16,19-20,31-34,46H,12,17-18,21-23H2,1-6H3,(H2,41,47)(H,42,48)(H,43,49)(H,44,51)/t31-,32-,33-,34-/m0/s1. The molecule has 0 radical (unpaired) electrons. The van der Waals surface area contributed by atoms with Gasteiger partial charge < -0.3 is 36.4 Å². The molecular weight excluding hydrogens is 662 g/mol. The largest absolute Gasteiger partial charge is 0.508 e.